The number of aromatic nitrogens is 8. The first kappa shape index (κ1) is 21.9. The Morgan fingerprint density at radius 1 is 1.12 bits per heavy atom. The lowest BCUT2D eigenvalue weighted by Crippen LogP contribution is -2.42. The Labute approximate surface area is 196 Å². The first-order valence-corrected chi connectivity index (χ1v) is 11.1. The number of anilines is 1. The van der Waals surface area contributed by atoms with Crippen LogP contribution in [0.15, 0.2) is 31.0 Å². The summed E-state index contributed by atoms with van der Waals surface area (Å²) in [5, 5.41) is 26.2. The Balaban J connectivity index is 1.55. The highest BCUT2D eigenvalue weighted by molar-refractivity contribution is 5.79. The molecule has 1 aliphatic heterocycles. The van der Waals surface area contributed by atoms with Crippen LogP contribution in [0.5, 0.6) is 0 Å². The third kappa shape index (κ3) is 3.55. The summed E-state index contributed by atoms with van der Waals surface area (Å²) in [5.74, 6) is 1.60. The predicted molar refractivity (Wildman–Crippen MR) is 123 cm³/mol. The molecule has 1 aliphatic rings. The second kappa shape index (κ2) is 7.83. The zero-order valence-corrected chi connectivity index (χ0v) is 19.6. The number of rotatable bonds is 3. The van der Waals surface area contributed by atoms with Gasteiger partial charge in [-0.25, -0.2) is 9.37 Å². The van der Waals surface area contributed by atoms with Gasteiger partial charge in [-0.3, -0.25) is 9.38 Å². The van der Waals surface area contributed by atoms with Crippen LogP contribution in [0.4, 0.5) is 10.1 Å². The maximum Gasteiger partial charge on any atom is 0.255 e. The number of nitriles is 1. The Hall–Kier alpha value is -3.94. The van der Waals surface area contributed by atoms with Gasteiger partial charge in [-0.05, 0) is 6.07 Å². The van der Waals surface area contributed by atoms with Gasteiger partial charge in [0.1, 0.15) is 18.2 Å². The molecule has 4 aromatic rings. The van der Waals surface area contributed by atoms with Gasteiger partial charge in [-0.1, -0.05) is 20.8 Å². The van der Waals surface area contributed by atoms with E-state index in [0.717, 1.165) is 11.4 Å². The summed E-state index contributed by atoms with van der Waals surface area (Å²) in [5.41, 5.74) is 0.706. The lowest BCUT2D eigenvalue weighted by Gasteiger charge is -2.37. The van der Waals surface area contributed by atoms with E-state index in [1.807, 2.05) is 15.5 Å². The Morgan fingerprint density at radius 2 is 1.88 bits per heavy atom. The van der Waals surface area contributed by atoms with Crippen molar-refractivity contribution in [1.29, 1.82) is 5.26 Å². The summed E-state index contributed by atoms with van der Waals surface area (Å²) in [4.78, 5) is 11.1. The van der Waals surface area contributed by atoms with Crippen molar-refractivity contribution in [2.75, 3.05) is 18.0 Å². The van der Waals surface area contributed by atoms with Crippen LogP contribution in [-0.4, -0.2) is 52.4 Å². The fourth-order valence-corrected chi connectivity index (χ4v) is 4.50. The van der Waals surface area contributed by atoms with Gasteiger partial charge in [0.05, 0.1) is 16.9 Å². The predicted octanol–water partition coefficient (Wildman–Crippen LogP) is 2.95. The summed E-state index contributed by atoms with van der Waals surface area (Å²) < 4.78 is 19.2. The van der Waals surface area contributed by atoms with Gasteiger partial charge in [0.25, 0.3) is 5.78 Å². The molecule has 5 rings (SSSR count). The zero-order chi connectivity index (χ0) is 24.1. The molecule has 5 heterocycles. The van der Waals surface area contributed by atoms with Crippen molar-refractivity contribution in [3.63, 3.8) is 0 Å². The molecule has 0 atom stereocenters. The second-order valence-corrected chi connectivity index (χ2v) is 9.67. The van der Waals surface area contributed by atoms with Gasteiger partial charge < -0.3 is 9.47 Å². The first-order valence-electron chi connectivity index (χ1n) is 11.1. The van der Waals surface area contributed by atoms with E-state index in [4.69, 9.17) is 0 Å². The van der Waals surface area contributed by atoms with E-state index in [1.165, 1.54) is 6.33 Å². The van der Waals surface area contributed by atoms with Crippen molar-refractivity contribution < 1.29 is 4.39 Å². The lowest BCUT2D eigenvalue weighted by atomic mass is 9.91. The SMILES string of the molecule is Cn1cnnc1C1(F)CCN(c2c(C#N)ccnc2-c2cnc3nnc(C(C)(C)C)n3c2)CC1. The number of alkyl halides is 1. The number of piperidine rings is 1. The van der Waals surface area contributed by atoms with E-state index in [2.05, 4.69) is 57.2 Å². The van der Waals surface area contributed by atoms with E-state index in [1.54, 1.807) is 30.1 Å². The van der Waals surface area contributed by atoms with Gasteiger partial charge in [0.15, 0.2) is 11.5 Å². The molecule has 0 aliphatic carbocycles. The monoisotopic (exact) mass is 460 g/mol. The molecule has 174 valence electrons. The van der Waals surface area contributed by atoms with Gasteiger partial charge in [-0.15, -0.1) is 20.4 Å². The number of halogens is 1. The molecule has 0 unspecified atom stereocenters. The van der Waals surface area contributed by atoms with Crippen LogP contribution in [0.1, 0.15) is 50.8 Å². The van der Waals surface area contributed by atoms with Crippen LogP contribution in [0.2, 0.25) is 0 Å². The second-order valence-electron chi connectivity index (χ2n) is 9.67. The smallest absolute Gasteiger partial charge is 0.255 e. The fourth-order valence-electron chi connectivity index (χ4n) is 4.50. The summed E-state index contributed by atoms with van der Waals surface area (Å²) in [6, 6.07) is 3.96. The van der Waals surface area contributed by atoms with Crippen molar-refractivity contribution in [2.45, 2.75) is 44.7 Å². The van der Waals surface area contributed by atoms with E-state index in [9.17, 15) is 5.26 Å². The van der Waals surface area contributed by atoms with Crippen LogP contribution in [0.25, 0.3) is 17.0 Å². The van der Waals surface area contributed by atoms with E-state index >= 15 is 4.39 Å². The molecule has 0 aromatic carbocycles. The summed E-state index contributed by atoms with van der Waals surface area (Å²) in [7, 11) is 1.75. The lowest BCUT2D eigenvalue weighted by molar-refractivity contribution is 0.109. The van der Waals surface area contributed by atoms with E-state index < -0.39 is 5.67 Å². The molecule has 1 fully saturated rings. The molecule has 0 bridgehead atoms. The van der Waals surface area contributed by atoms with Gasteiger partial charge in [0, 0.05) is 62.5 Å². The highest BCUT2D eigenvalue weighted by atomic mass is 19.1. The molecule has 0 amide bonds. The van der Waals surface area contributed by atoms with Crippen molar-refractivity contribution in [1.82, 2.24) is 39.3 Å². The molecule has 4 aromatic heterocycles. The highest BCUT2D eigenvalue weighted by Gasteiger charge is 2.41. The van der Waals surface area contributed by atoms with Gasteiger partial charge in [-0.2, -0.15) is 5.26 Å². The van der Waals surface area contributed by atoms with Crippen molar-refractivity contribution in [3.05, 3.63) is 48.2 Å². The Kier molecular flexibility index (Phi) is 5.04. The number of hydrogen-bond acceptors (Lipinski definition) is 8. The van der Waals surface area contributed by atoms with Crippen molar-refractivity contribution in [2.24, 2.45) is 7.05 Å². The third-order valence-electron chi connectivity index (χ3n) is 6.24. The van der Waals surface area contributed by atoms with Gasteiger partial charge >= 0.3 is 0 Å². The third-order valence-corrected chi connectivity index (χ3v) is 6.24. The van der Waals surface area contributed by atoms with Crippen LogP contribution in [0, 0.1) is 11.3 Å². The molecule has 10 nitrogen and oxygen atoms in total. The molecule has 1 saturated heterocycles. The Morgan fingerprint density at radius 3 is 2.53 bits per heavy atom. The van der Waals surface area contributed by atoms with Gasteiger partial charge in [0.2, 0.25) is 0 Å². The zero-order valence-electron chi connectivity index (χ0n) is 19.6. The molecule has 0 spiro atoms. The van der Waals surface area contributed by atoms with Crippen molar-refractivity contribution in [3.8, 4) is 17.3 Å². The summed E-state index contributed by atoms with van der Waals surface area (Å²) in [6.07, 6.45) is 7.17. The topological polar surface area (TPSA) is 114 Å². The van der Waals surface area contributed by atoms with Crippen LogP contribution >= 0.6 is 0 Å². The quantitative estimate of drug-likeness (QED) is 0.458. The van der Waals surface area contributed by atoms with Crippen LogP contribution in [-0.2, 0) is 18.1 Å². The summed E-state index contributed by atoms with van der Waals surface area (Å²) in [6.45, 7) is 7.00. The molecular weight excluding hydrogens is 435 g/mol. The van der Waals surface area contributed by atoms with Crippen LogP contribution < -0.4 is 4.90 Å². The maximum atomic E-state index is 15.7. The molecule has 0 saturated carbocycles. The van der Waals surface area contributed by atoms with E-state index in [-0.39, 0.29) is 18.3 Å². The minimum absolute atomic E-state index is 0.232. The summed E-state index contributed by atoms with van der Waals surface area (Å²) >= 11 is 0. The maximum absolute atomic E-state index is 15.7. The Bertz CT molecular complexity index is 1400. The number of nitrogens with zero attached hydrogens (tertiary/aromatic N) is 10. The standard InChI is InChI=1S/C23H25FN10/c1-22(2,3)19-30-31-21-27-12-16(13-34(19)21)17-18(15(11-25)5-8-26-17)33-9-6-23(24,7-10-33)20-29-28-14-32(20)4/h5,8,12-14H,6-7,9-10H2,1-4H3. The number of hydrogen-bond donors (Lipinski definition) is 0. The largest absolute Gasteiger partial charge is 0.368 e. The normalized spacial score (nSPS) is 16.1. The highest BCUT2D eigenvalue weighted by Crippen LogP contribution is 2.40. The van der Waals surface area contributed by atoms with E-state index in [0.29, 0.717) is 41.6 Å². The molecule has 34 heavy (non-hydrogen) atoms. The van der Waals surface area contributed by atoms with Crippen molar-refractivity contribution >= 4 is 11.5 Å². The molecule has 11 heteroatoms. The molecular formula is C23H25FN10. The number of aryl methyl sites for hydroxylation is 1. The van der Waals surface area contributed by atoms with Crippen LogP contribution in [0.3, 0.4) is 0 Å². The number of pyridine rings is 1. The average Bonchev–Trinajstić information content (AvgIpc) is 3.45. The molecule has 0 radical (unpaired) electrons. The molecule has 0 N–H and O–H groups in total. The fraction of sp³-hybridized carbons (Fsp3) is 0.435. The minimum atomic E-state index is -1.57. The minimum Gasteiger partial charge on any atom is -0.368 e. The average molecular weight is 461 g/mol. The number of fused-ring (bicyclic) bond motifs is 1. The first-order chi connectivity index (χ1) is 16.2.